The van der Waals surface area contributed by atoms with Crippen LogP contribution in [0.1, 0.15) is 0 Å². The van der Waals surface area contributed by atoms with E-state index < -0.39 is 17.9 Å². The third-order valence-electron chi connectivity index (χ3n) is 4.71. The average Bonchev–Trinajstić information content (AvgIpc) is 2.68. The van der Waals surface area contributed by atoms with Gasteiger partial charge in [-0.1, -0.05) is 0 Å². The van der Waals surface area contributed by atoms with Crippen LogP contribution in [0.3, 0.4) is 0 Å². The smallest absolute Gasteiger partial charge is 0.317 e. The van der Waals surface area contributed by atoms with Crippen molar-refractivity contribution >= 4 is 24.2 Å². The van der Waals surface area contributed by atoms with Gasteiger partial charge in [0.25, 0.3) is 0 Å². The van der Waals surface area contributed by atoms with Crippen molar-refractivity contribution < 1.29 is 39.2 Å². The first kappa shape index (κ1) is 26.9. The zero-order valence-corrected chi connectivity index (χ0v) is 17.6. The van der Waals surface area contributed by atoms with Crippen LogP contribution in [-0.2, 0) is 23.9 Å². The summed E-state index contributed by atoms with van der Waals surface area (Å²) in [6, 6.07) is 0. The number of carboxylic acid groups (broad SMARTS) is 3. The van der Waals surface area contributed by atoms with Gasteiger partial charge in [0.2, 0.25) is 0 Å². The van der Waals surface area contributed by atoms with Crippen LogP contribution < -0.4 is 5.32 Å². The number of rotatable bonds is 12. The number of carbonyl (C=O) groups excluding carboxylic acids is 1. The number of carboxylic acids is 3. The van der Waals surface area contributed by atoms with Crippen LogP contribution in [0.4, 0.5) is 0 Å². The highest BCUT2D eigenvalue weighted by atomic mass is 16.5. The Morgan fingerprint density at radius 1 is 0.710 bits per heavy atom. The minimum atomic E-state index is -0.992. The van der Waals surface area contributed by atoms with Gasteiger partial charge >= 0.3 is 17.9 Å². The van der Waals surface area contributed by atoms with Crippen molar-refractivity contribution in [1.82, 2.24) is 24.9 Å². The van der Waals surface area contributed by atoms with Crippen molar-refractivity contribution in [2.24, 2.45) is 0 Å². The minimum absolute atomic E-state index is 0.165. The Bertz CT molecular complexity index is 547. The van der Waals surface area contributed by atoms with Gasteiger partial charge < -0.3 is 24.9 Å². The largest absolute Gasteiger partial charge is 0.480 e. The Kier molecular flexibility index (Phi) is 13.5. The molecule has 31 heavy (non-hydrogen) atoms. The van der Waals surface area contributed by atoms with Gasteiger partial charge in [-0.25, -0.2) is 0 Å². The van der Waals surface area contributed by atoms with Crippen molar-refractivity contribution in [3.05, 3.63) is 0 Å². The fraction of sp³-hybridized carbons (Fsp3) is 0.778. The van der Waals surface area contributed by atoms with Crippen LogP contribution >= 0.6 is 0 Å². The molecule has 0 aromatic rings. The van der Waals surface area contributed by atoms with Crippen LogP contribution in [0, 0.1) is 0 Å². The van der Waals surface area contributed by atoms with Crippen LogP contribution in [0.15, 0.2) is 0 Å². The van der Waals surface area contributed by atoms with Crippen LogP contribution in [0.2, 0.25) is 0 Å². The van der Waals surface area contributed by atoms with Crippen LogP contribution in [-0.4, -0.2) is 151 Å². The van der Waals surface area contributed by atoms with Gasteiger partial charge in [-0.3, -0.25) is 39.3 Å². The van der Waals surface area contributed by atoms with E-state index in [1.54, 1.807) is 14.7 Å². The molecule has 1 rings (SSSR count). The van der Waals surface area contributed by atoms with Crippen molar-refractivity contribution in [1.29, 1.82) is 0 Å². The second-order valence-electron chi connectivity index (χ2n) is 7.23. The summed E-state index contributed by atoms with van der Waals surface area (Å²) in [6.45, 7) is 3.33. The molecule has 0 bridgehead atoms. The Labute approximate surface area is 181 Å². The lowest BCUT2D eigenvalue weighted by Gasteiger charge is -2.32. The molecule has 13 nitrogen and oxygen atoms in total. The van der Waals surface area contributed by atoms with Gasteiger partial charge in [0, 0.05) is 52.4 Å². The molecule has 0 aliphatic carbocycles. The van der Waals surface area contributed by atoms with Gasteiger partial charge in [-0.05, 0) is 0 Å². The third-order valence-corrected chi connectivity index (χ3v) is 4.71. The molecule has 0 amide bonds. The molecule has 1 saturated heterocycles. The molecule has 0 saturated carbocycles. The highest BCUT2D eigenvalue weighted by Gasteiger charge is 2.20. The minimum Gasteiger partial charge on any atom is -0.480 e. The molecule has 1 aliphatic rings. The zero-order valence-electron chi connectivity index (χ0n) is 17.6. The molecular weight excluding hydrogens is 414 g/mol. The van der Waals surface area contributed by atoms with E-state index in [1.165, 1.54) is 0 Å². The lowest BCUT2D eigenvalue weighted by atomic mass is 10.3. The first-order chi connectivity index (χ1) is 14.8. The molecule has 0 spiro atoms. The van der Waals surface area contributed by atoms with E-state index in [-0.39, 0.29) is 39.6 Å². The Morgan fingerprint density at radius 2 is 1.06 bits per heavy atom. The number of aldehydes is 1. The molecule has 178 valence electrons. The lowest BCUT2D eigenvalue weighted by molar-refractivity contribution is -0.140. The molecule has 0 radical (unpaired) electrons. The molecule has 0 unspecified atom stereocenters. The summed E-state index contributed by atoms with van der Waals surface area (Å²) in [5.41, 5.74) is 0. The maximum absolute atomic E-state index is 11.2. The van der Waals surface area contributed by atoms with Crippen molar-refractivity contribution in [3.8, 4) is 0 Å². The van der Waals surface area contributed by atoms with Gasteiger partial charge in [0.05, 0.1) is 32.9 Å². The van der Waals surface area contributed by atoms with E-state index in [4.69, 9.17) is 9.84 Å². The Morgan fingerprint density at radius 3 is 1.39 bits per heavy atom. The predicted octanol–water partition coefficient (Wildman–Crippen LogP) is -2.82. The van der Waals surface area contributed by atoms with E-state index in [9.17, 15) is 29.4 Å². The quantitative estimate of drug-likeness (QED) is 0.138. The van der Waals surface area contributed by atoms with Crippen LogP contribution in [0.25, 0.3) is 0 Å². The molecule has 1 heterocycles. The number of hydrogen-bond acceptors (Lipinski definition) is 10. The molecule has 1 fully saturated rings. The predicted molar refractivity (Wildman–Crippen MR) is 109 cm³/mol. The monoisotopic (exact) mass is 447 g/mol. The fourth-order valence-corrected chi connectivity index (χ4v) is 3.12. The zero-order chi connectivity index (χ0) is 23.1. The molecule has 1 aliphatic heterocycles. The molecule has 0 atom stereocenters. The summed E-state index contributed by atoms with van der Waals surface area (Å²) in [7, 11) is 0. The molecule has 0 aromatic heterocycles. The molecular formula is C18H33N5O8. The van der Waals surface area contributed by atoms with Crippen molar-refractivity contribution in [3.63, 3.8) is 0 Å². The summed E-state index contributed by atoms with van der Waals surface area (Å²) >= 11 is 0. The second kappa shape index (κ2) is 15.6. The molecule has 0 aromatic carbocycles. The average molecular weight is 447 g/mol. The number of hydrogen-bond donors (Lipinski definition) is 4. The van der Waals surface area contributed by atoms with Gasteiger partial charge in [-0.2, -0.15) is 0 Å². The summed E-state index contributed by atoms with van der Waals surface area (Å²) < 4.78 is 5.51. The van der Waals surface area contributed by atoms with E-state index in [0.29, 0.717) is 52.4 Å². The highest BCUT2D eigenvalue weighted by molar-refractivity contribution is 5.69. The summed E-state index contributed by atoms with van der Waals surface area (Å²) in [4.78, 5) is 51.1. The third kappa shape index (κ3) is 13.7. The Hall–Kier alpha value is -2.16. The first-order valence-electron chi connectivity index (χ1n) is 10.1. The van der Waals surface area contributed by atoms with Crippen molar-refractivity contribution in [2.75, 3.05) is 92.0 Å². The van der Waals surface area contributed by atoms with Crippen molar-refractivity contribution in [2.45, 2.75) is 0 Å². The second-order valence-corrected chi connectivity index (χ2v) is 7.23. The summed E-state index contributed by atoms with van der Waals surface area (Å²) in [6.07, 6.45) is 0.723. The molecule has 13 heteroatoms. The van der Waals surface area contributed by atoms with Crippen LogP contribution in [0.5, 0.6) is 0 Å². The number of nitrogens with zero attached hydrogens (tertiary/aromatic N) is 4. The molecule has 4 N–H and O–H groups in total. The number of aliphatic carboxylic acids is 3. The van der Waals surface area contributed by atoms with E-state index in [2.05, 4.69) is 5.32 Å². The van der Waals surface area contributed by atoms with E-state index >= 15 is 0 Å². The Balaban J connectivity index is 2.81. The number of nitrogens with one attached hydrogen (secondary N) is 1. The SMILES string of the molecule is O=CCNCOCN1CCN(CC(=O)O)CCN(CC(=O)O)CCN(CC(=O)O)CC1. The lowest BCUT2D eigenvalue weighted by Crippen LogP contribution is -2.48. The van der Waals surface area contributed by atoms with Gasteiger partial charge in [0.1, 0.15) is 13.0 Å². The highest BCUT2D eigenvalue weighted by Crippen LogP contribution is 2.01. The summed E-state index contributed by atoms with van der Waals surface area (Å²) in [5.74, 6) is -2.93. The fourth-order valence-electron chi connectivity index (χ4n) is 3.12. The summed E-state index contributed by atoms with van der Waals surface area (Å²) in [5, 5.41) is 30.3. The number of ether oxygens (including phenoxy) is 1. The van der Waals surface area contributed by atoms with Gasteiger partial charge in [0.15, 0.2) is 0 Å². The maximum atomic E-state index is 11.2. The topological polar surface area (TPSA) is 163 Å². The van der Waals surface area contributed by atoms with E-state index in [0.717, 1.165) is 6.29 Å². The first-order valence-corrected chi connectivity index (χ1v) is 10.1. The maximum Gasteiger partial charge on any atom is 0.317 e. The van der Waals surface area contributed by atoms with E-state index in [1.807, 2.05) is 4.90 Å². The number of carbonyl (C=O) groups is 4. The normalized spacial score (nSPS) is 18.7. The standard InChI is InChI=1S/C18H33N5O8/c24-10-1-19-14-31-15-23-8-6-21(12-17(27)28)4-2-20(11-16(25)26)3-5-22(7-9-23)13-18(29)30/h10,19H,1-9,11-15H2,(H,25,26)(H,27,28)(H,29,30). The van der Waals surface area contributed by atoms with Gasteiger partial charge in [-0.15, -0.1) is 0 Å².